The zero-order valence-corrected chi connectivity index (χ0v) is 13.7. The number of pyridine rings is 1. The SMILES string of the molecule is NC(=O)c1cccc(CNC(=O)CSc2ccc(C(F)(F)F)cn2)c1. The Kier molecular flexibility index (Phi) is 6.02. The van der Waals surface area contributed by atoms with E-state index in [-0.39, 0.29) is 18.2 Å². The maximum absolute atomic E-state index is 12.4. The summed E-state index contributed by atoms with van der Waals surface area (Å²) in [6.07, 6.45) is -3.71. The first-order chi connectivity index (χ1) is 11.8. The third-order valence-corrected chi connectivity index (χ3v) is 4.06. The molecule has 0 radical (unpaired) electrons. The molecule has 0 atom stereocenters. The molecule has 5 nitrogen and oxygen atoms in total. The summed E-state index contributed by atoms with van der Waals surface area (Å²) in [6, 6.07) is 8.67. The molecule has 1 aromatic carbocycles. The van der Waals surface area contributed by atoms with Crippen LogP contribution in [-0.4, -0.2) is 22.6 Å². The van der Waals surface area contributed by atoms with Gasteiger partial charge in [0.05, 0.1) is 16.3 Å². The first kappa shape index (κ1) is 18.8. The van der Waals surface area contributed by atoms with E-state index in [4.69, 9.17) is 5.73 Å². The quantitative estimate of drug-likeness (QED) is 0.767. The molecule has 0 unspecified atom stereocenters. The van der Waals surface area contributed by atoms with Crippen LogP contribution in [0.4, 0.5) is 13.2 Å². The van der Waals surface area contributed by atoms with Gasteiger partial charge in [-0.3, -0.25) is 9.59 Å². The lowest BCUT2D eigenvalue weighted by Gasteiger charge is -2.08. The van der Waals surface area contributed by atoms with Crippen LogP contribution in [0.3, 0.4) is 0 Å². The molecule has 3 N–H and O–H groups in total. The summed E-state index contributed by atoms with van der Waals surface area (Å²) in [7, 11) is 0. The Hall–Kier alpha value is -2.55. The molecule has 132 valence electrons. The molecule has 0 bridgehead atoms. The van der Waals surface area contributed by atoms with Crippen LogP contribution >= 0.6 is 11.8 Å². The molecule has 0 aliphatic heterocycles. The van der Waals surface area contributed by atoms with E-state index < -0.39 is 17.6 Å². The summed E-state index contributed by atoms with van der Waals surface area (Å²) in [5.74, 6) is -0.860. The van der Waals surface area contributed by atoms with Crippen molar-refractivity contribution in [1.29, 1.82) is 0 Å². The van der Waals surface area contributed by atoms with Gasteiger partial charge in [-0.05, 0) is 29.8 Å². The number of hydrogen-bond acceptors (Lipinski definition) is 4. The molecule has 0 saturated carbocycles. The standard InChI is InChI=1S/C16H14F3N3O2S/c17-16(18,19)12-4-5-14(22-8-12)25-9-13(23)21-7-10-2-1-3-11(6-10)15(20)24/h1-6,8H,7,9H2,(H2,20,24)(H,21,23). The molecule has 0 saturated heterocycles. The maximum Gasteiger partial charge on any atom is 0.417 e. The van der Waals surface area contributed by atoms with Crippen molar-refractivity contribution in [1.82, 2.24) is 10.3 Å². The molecule has 2 rings (SSSR count). The Labute approximate surface area is 145 Å². The topological polar surface area (TPSA) is 85.1 Å². The number of benzene rings is 1. The van der Waals surface area contributed by atoms with Crippen molar-refractivity contribution < 1.29 is 22.8 Å². The minimum absolute atomic E-state index is 0.00781. The molecular formula is C16H14F3N3O2S. The van der Waals surface area contributed by atoms with Crippen molar-refractivity contribution in [3.8, 4) is 0 Å². The number of primary amides is 1. The molecular weight excluding hydrogens is 355 g/mol. The average molecular weight is 369 g/mol. The Bertz CT molecular complexity index is 764. The van der Waals surface area contributed by atoms with E-state index in [2.05, 4.69) is 10.3 Å². The van der Waals surface area contributed by atoms with E-state index in [1.807, 2.05) is 0 Å². The first-order valence-electron chi connectivity index (χ1n) is 7.07. The van der Waals surface area contributed by atoms with Gasteiger partial charge in [-0.15, -0.1) is 0 Å². The number of rotatable bonds is 6. The number of nitrogens with one attached hydrogen (secondary N) is 1. The van der Waals surface area contributed by atoms with Gasteiger partial charge in [-0.2, -0.15) is 13.2 Å². The van der Waals surface area contributed by atoms with E-state index >= 15 is 0 Å². The number of thioether (sulfide) groups is 1. The monoisotopic (exact) mass is 369 g/mol. The van der Waals surface area contributed by atoms with Crippen LogP contribution in [0.5, 0.6) is 0 Å². The smallest absolute Gasteiger partial charge is 0.366 e. The van der Waals surface area contributed by atoms with Crippen molar-refractivity contribution >= 4 is 23.6 Å². The number of halogens is 3. The summed E-state index contributed by atoms with van der Waals surface area (Å²) < 4.78 is 37.3. The Morgan fingerprint density at radius 1 is 1.20 bits per heavy atom. The molecule has 0 aliphatic carbocycles. The van der Waals surface area contributed by atoms with Gasteiger partial charge in [0.1, 0.15) is 0 Å². The largest absolute Gasteiger partial charge is 0.417 e. The Morgan fingerprint density at radius 3 is 2.56 bits per heavy atom. The van der Waals surface area contributed by atoms with Crippen LogP contribution in [0.15, 0.2) is 47.6 Å². The lowest BCUT2D eigenvalue weighted by Crippen LogP contribution is -2.24. The van der Waals surface area contributed by atoms with Crippen LogP contribution < -0.4 is 11.1 Å². The number of carbonyl (C=O) groups is 2. The number of aromatic nitrogens is 1. The molecule has 25 heavy (non-hydrogen) atoms. The van der Waals surface area contributed by atoms with Gasteiger partial charge in [0.25, 0.3) is 0 Å². The lowest BCUT2D eigenvalue weighted by molar-refractivity contribution is -0.137. The van der Waals surface area contributed by atoms with E-state index in [1.165, 1.54) is 6.07 Å². The van der Waals surface area contributed by atoms with E-state index in [0.29, 0.717) is 16.2 Å². The third-order valence-electron chi connectivity index (χ3n) is 3.12. The van der Waals surface area contributed by atoms with Gasteiger partial charge in [-0.1, -0.05) is 23.9 Å². The highest BCUT2D eigenvalue weighted by molar-refractivity contribution is 7.99. The molecule has 0 spiro atoms. The highest BCUT2D eigenvalue weighted by atomic mass is 32.2. The molecule has 0 fully saturated rings. The fourth-order valence-electron chi connectivity index (χ4n) is 1.86. The van der Waals surface area contributed by atoms with E-state index in [1.54, 1.807) is 24.3 Å². The van der Waals surface area contributed by atoms with Crippen molar-refractivity contribution in [2.45, 2.75) is 17.7 Å². The molecule has 2 aromatic rings. The highest BCUT2D eigenvalue weighted by Crippen LogP contribution is 2.29. The van der Waals surface area contributed by atoms with Crippen LogP contribution in [0.1, 0.15) is 21.5 Å². The van der Waals surface area contributed by atoms with Gasteiger partial charge in [-0.25, -0.2) is 4.98 Å². The average Bonchev–Trinajstić information content (AvgIpc) is 2.58. The van der Waals surface area contributed by atoms with Gasteiger partial charge >= 0.3 is 6.18 Å². The van der Waals surface area contributed by atoms with Crippen molar-refractivity contribution in [3.63, 3.8) is 0 Å². The van der Waals surface area contributed by atoms with Gasteiger partial charge in [0.15, 0.2) is 0 Å². The minimum Gasteiger partial charge on any atom is -0.366 e. The zero-order chi connectivity index (χ0) is 18.4. The fourth-order valence-corrected chi connectivity index (χ4v) is 2.53. The zero-order valence-electron chi connectivity index (χ0n) is 12.8. The summed E-state index contributed by atoms with van der Waals surface area (Å²) in [6.45, 7) is 0.209. The van der Waals surface area contributed by atoms with Gasteiger partial charge < -0.3 is 11.1 Å². The van der Waals surface area contributed by atoms with Crippen LogP contribution in [-0.2, 0) is 17.5 Å². The van der Waals surface area contributed by atoms with Crippen molar-refractivity contribution in [2.24, 2.45) is 5.73 Å². The molecule has 9 heteroatoms. The second-order valence-corrected chi connectivity index (χ2v) is 6.01. The first-order valence-corrected chi connectivity index (χ1v) is 8.06. The van der Waals surface area contributed by atoms with Crippen LogP contribution in [0, 0.1) is 0 Å². The molecule has 0 aliphatic rings. The minimum atomic E-state index is -4.44. The predicted molar refractivity (Wildman–Crippen MR) is 86.8 cm³/mol. The van der Waals surface area contributed by atoms with Crippen LogP contribution in [0.2, 0.25) is 0 Å². The predicted octanol–water partition coefficient (Wildman–Crippen LogP) is 2.61. The highest BCUT2D eigenvalue weighted by Gasteiger charge is 2.30. The molecule has 1 heterocycles. The Morgan fingerprint density at radius 2 is 1.96 bits per heavy atom. The third kappa shape index (κ3) is 5.79. The van der Waals surface area contributed by atoms with Crippen molar-refractivity contribution in [3.05, 3.63) is 59.3 Å². The summed E-state index contributed by atoms with van der Waals surface area (Å²) in [5, 5.41) is 2.97. The molecule has 2 amide bonds. The second kappa shape index (κ2) is 8.02. The normalized spacial score (nSPS) is 11.2. The summed E-state index contributed by atoms with van der Waals surface area (Å²) in [4.78, 5) is 26.6. The van der Waals surface area contributed by atoms with Gasteiger partial charge in [0.2, 0.25) is 11.8 Å². The number of alkyl halides is 3. The van der Waals surface area contributed by atoms with Gasteiger partial charge in [0, 0.05) is 18.3 Å². The summed E-state index contributed by atoms with van der Waals surface area (Å²) in [5.41, 5.74) is 5.40. The summed E-state index contributed by atoms with van der Waals surface area (Å²) >= 11 is 1.03. The lowest BCUT2D eigenvalue weighted by atomic mass is 10.1. The second-order valence-electron chi connectivity index (χ2n) is 5.01. The number of nitrogens with zero attached hydrogens (tertiary/aromatic N) is 1. The number of hydrogen-bond donors (Lipinski definition) is 2. The number of amides is 2. The maximum atomic E-state index is 12.4. The molecule has 1 aromatic heterocycles. The number of nitrogens with two attached hydrogens (primary N) is 1. The Balaban J connectivity index is 1.83. The van der Waals surface area contributed by atoms with E-state index in [0.717, 1.165) is 24.0 Å². The van der Waals surface area contributed by atoms with Crippen LogP contribution in [0.25, 0.3) is 0 Å². The van der Waals surface area contributed by atoms with E-state index in [9.17, 15) is 22.8 Å². The number of carbonyl (C=O) groups excluding carboxylic acids is 2. The van der Waals surface area contributed by atoms with Crippen molar-refractivity contribution in [2.75, 3.05) is 5.75 Å². The fraction of sp³-hybridized carbons (Fsp3) is 0.188.